The summed E-state index contributed by atoms with van der Waals surface area (Å²) in [6.07, 6.45) is 0. The Hall–Kier alpha value is -1.56. The van der Waals surface area contributed by atoms with Crippen LogP contribution in [-0.4, -0.2) is 43.1 Å². The second-order valence-electron chi connectivity index (χ2n) is 4.43. The van der Waals surface area contributed by atoms with Gasteiger partial charge >= 0.3 is 5.97 Å². The van der Waals surface area contributed by atoms with Gasteiger partial charge in [0.1, 0.15) is 12.3 Å². The van der Waals surface area contributed by atoms with Crippen LogP contribution in [0.15, 0.2) is 28.7 Å². The maximum atomic E-state index is 12.1. The van der Waals surface area contributed by atoms with Crippen LogP contribution in [0.2, 0.25) is 0 Å². The fourth-order valence-electron chi connectivity index (χ4n) is 1.52. The highest BCUT2D eigenvalue weighted by Gasteiger charge is 2.20. The Morgan fingerprint density at radius 2 is 1.85 bits per heavy atom. The Bertz CT molecular complexity index is 459. The number of methoxy groups -OCH3 is 1. The monoisotopic (exact) mass is 343 g/mol. The summed E-state index contributed by atoms with van der Waals surface area (Å²) in [5.41, 5.74) is 0. The molecule has 6 heteroatoms. The minimum absolute atomic E-state index is 0.0727. The van der Waals surface area contributed by atoms with Gasteiger partial charge in [0.2, 0.25) is 0 Å². The van der Waals surface area contributed by atoms with Crippen molar-refractivity contribution in [3.63, 3.8) is 0 Å². The lowest BCUT2D eigenvalue weighted by Crippen LogP contribution is -2.43. The van der Waals surface area contributed by atoms with Gasteiger partial charge in [-0.15, -0.1) is 0 Å². The van der Waals surface area contributed by atoms with Crippen LogP contribution in [0.1, 0.15) is 13.8 Å². The highest BCUT2D eigenvalue weighted by Crippen LogP contribution is 2.16. The first kappa shape index (κ1) is 16.5. The molecule has 0 N–H and O–H groups in total. The molecule has 5 nitrogen and oxygen atoms in total. The molecule has 0 aliphatic carbocycles. The van der Waals surface area contributed by atoms with Crippen molar-refractivity contribution in [1.29, 1.82) is 0 Å². The molecule has 0 heterocycles. The zero-order valence-corrected chi connectivity index (χ0v) is 13.3. The smallest absolute Gasteiger partial charge is 0.325 e. The molecule has 0 aliphatic rings. The van der Waals surface area contributed by atoms with Crippen molar-refractivity contribution in [1.82, 2.24) is 4.90 Å². The van der Waals surface area contributed by atoms with E-state index >= 15 is 0 Å². The van der Waals surface area contributed by atoms with E-state index in [-0.39, 0.29) is 25.1 Å². The van der Waals surface area contributed by atoms with E-state index < -0.39 is 5.97 Å². The number of ether oxygens (including phenoxy) is 2. The molecule has 0 atom stereocenters. The van der Waals surface area contributed by atoms with Crippen LogP contribution < -0.4 is 4.74 Å². The predicted molar refractivity (Wildman–Crippen MR) is 78.5 cm³/mol. The fraction of sp³-hybridized carbons (Fsp3) is 0.429. The summed E-state index contributed by atoms with van der Waals surface area (Å²) in [5.74, 6) is -0.104. The molecule has 0 bridgehead atoms. The Kier molecular flexibility index (Phi) is 6.51. The molecule has 0 unspecified atom stereocenters. The molecule has 20 heavy (non-hydrogen) atoms. The third-order valence-corrected chi connectivity index (χ3v) is 3.18. The second kappa shape index (κ2) is 7.89. The summed E-state index contributed by atoms with van der Waals surface area (Å²) in [7, 11) is 1.30. The SMILES string of the molecule is COC(=O)CN(C(=O)COc1ccc(Br)cc1)C(C)C. The summed E-state index contributed by atoms with van der Waals surface area (Å²) >= 11 is 3.32. The van der Waals surface area contributed by atoms with Crippen LogP contribution in [0, 0.1) is 0 Å². The van der Waals surface area contributed by atoms with Crippen molar-refractivity contribution in [3.05, 3.63) is 28.7 Å². The number of nitrogens with zero attached hydrogens (tertiary/aromatic N) is 1. The van der Waals surface area contributed by atoms with Crippen LogP contribution in [0.5, 0.6) is 5.75 Å². The van der Waals surface area contributed by atoms with Crippen LogP contribution in [0.25, 0.3) is 0 Å². The van der Waals surface area contributed by atoms with Crippen molar-refractivity contribution >= 4 is 27.8 Å². The Balaban J connectivity index is 2.57. The summed E-state index contributed by atoms with van der Waals surface area (Å²) in [4.78, 5) is 24.8. The van der Waals surface area contributed by atoms with E-state index in [0.29, 0.717) is 5.75 Å². The number of hydrogen-bond donors (Lipinski definition) is 0. The third-order valence-electron chi connectivity index (χ3n) is 2.65. The molecule has 0 aliphatic heterocycles. The first-order valence-corrected chi connectivity index (χ1v) is 6.98. The number of carbonyl (C=O) groups is 2. The molecule has 1 aromatic rings. The first-order chi connectivity index (χ1) is 9.43. The van der Waals surface area contributed by atoms with Crippen molar-refractivity contribution in [2.45, 2.75) is 19.9 Å². The van der Waals surface area contributed by atoms with Crippen LogP contribution >= 0.6 is 15.9 Å². The van der Waals surface area contributed by atoms with Gasteiger partial charge in [-0.05, 0) is 38.1 Å². The zero-order chi connectivity index (χ0) is 15.1. The van der Waals surface area contributed by atoms with Gasteiger partial charge in [0.25, 0.3) is 5.91 Å². The molecule has 110 valence electrons. The minimum atomic E-state index is -0.448. The van der Waals surface area contributed by atoms with Crippen LogP contribution in [0.3, 0.4) is 0 Å². The molecular formula is C14H18BrNO4. The van der Waals surface area contributed by atoms with E-state index in [1.807, 2.05) is 26.0 Å². The number of benzene rings is 1. The number of esters is 1. The van der Waals surface area contributed by atoms with E-state index in [9.17, 15) is 9.59 Å². The highest BCUT2D eigenvalue weighted by molar-refractivity contribution is 9.10. The molecule has 0 saturated heterocycles. The van der Waals surface area contributed by atoms with Crippen molar-refractivity contribution < 1.29 is 19.1 Å². The quantitative estimate of drug-likeness (QED) is 0.743. The largest absolute Gasteiger partial charge is 0.484 e. The molecular weight excluding hydrogens is 326 g/mol. The average molecular weight is 344 g/mol. The number of hydrogen-bond acceptors (Lipinski definition) is 4. The first-order valence-electron chi connectivity index (χ1n) is 6.18. The molecule has 0 aromatic heterocycles. The van der Waals surface area contributed by atoms with E-state index in [1.54, 1.807) is 12.1 Å². The summed E-state index contributed by atoms with van der Waals surface area (Å²) in [6, 6.07) is 7.08. The fourth-order valence-corrected chi connectivity index (χ4v) is 1.79. The summed E-state index contributed by atoms with van der Waals surface area (Å²) in [5, 5.41) is 0. The van der Waals surface area contributed by atoms with Gasteiger partial charge in [-0.1, -0.05) is 15.9 Å². The van der Waals surface area contributed by atoms with E-state index in [2.05, 4.69) is 20.7 Å². The van der Waals surface area contributed by atoms with E-state index in [4.69, 9.17) is 4.74 Å². The molecule has 0 radical (unpaired) electrons. The normalized spacial score (nSPS) is 10.2. The number of halogens is 1. The van der Waals surface area contributed by atoms with Gasteiger partial charge in [0.05, 0.1) is 7.11 Å². The Morgan fingerprint density at radius 3 is 2.35 bits per heavy atom. The summed E-state index contributed by atoms with van der Waals surface area (Å²) in [6.45, 7) is 3.48. The van der Waals surface area contributed by atoms with Crippen molar-refractivity contribution in [2.24, 2.45) is 0 Å². The zero-order valence-electron chi connectivity index (χ0n) is 11.8. The van der Waals surface area contributed by atoms with Crippen LogP contribution in [-0.2, 0) is 14.3 Å². The lowest BCUT2D eigenvalue weighted by atomic mass is 10.3. The maximum absolute atomic E-state index is 12.1. The maximum Gasteiger partial charge on any atom is 0.325 e. The van der Waals surface area contributed by atoms with Gasteiger partial charge < -0.3 is 14.4 Å². The number of carbonyl (C=O) groups excluding carboxylic acids is 2. The van der Waals surface area contributed by atoms with Gasteiger partial charge in [0, 0.05) is 10.5 Å². The topological polar surface area (TPSA) is 55.8 Å². The van der Waals surface area contributed by atoms with Gasteiger partial charge in [-0.3, -0.25) is 9.59 Å². The molecule has 0 saturated carbocycles. The average Bonchev–Trinajstić information content (AvgIpc) is 2.43. The molecule has 0 fully saturated rings. The lowest BCUT2D eigenvalue weighted by Gasteiger charge is -2.25. The molecule has 1 amide bonds. The molecule has 1 aromatic carbocycles. The van der Waals surface area contributed by atoms with E-state index in [1.165, 1.54) is 12.0 Å². The number of amides is 1. The predicted octanol–water partition coefficient (Wildman–Crippen LogP) is 2.24. The Labute approximate surface area is 127 Å². The van der Waals surface area contributed by atoms with Crippen molar-refractivity contribution in [3.8, 4) is 5.75 Å². The van der Waals surface area contributed by atoms with Gasteiger partial charge in [-0.25, -0.2) is 0 Å². The Morgan fingerprint density at radius 1 is 1.25 bits per heavy atom. The van der Waals surface area contributed by atoms with Gasteiger partial charge in [-0.2, -0.15) is 0 Å². The van der Waals surface area contributed by atoms with Crippen LogP contribution in [0.4, 0.5) is 0 Å². The summed E-state index contributed by atoms with van der Waals surface area (Å²) < 4.78 is 10.9. The third kappa shape index (κ3) is 5.21. The lowest BCUT2D eigenvalue weighted by molar-refractivity contribution is -0.149. The van der Waals surface area contributed by atoms with Crippen molar-refractivity contribution in [2.75, 3.05) is 20.3 Å². The molecule has 1 rings (SSSR count). The standard InChI is InChI=1S/C14H18BrNO4/c1-10(2)16(8-14(18)19-3)13(17)9-20-12-6-4-11(15)5-7-12/h4-7,10H,8-9H2,1-3H3. The number of rotatable bonds is 6. The molecule has 0 spiro atoms. The highest BCUT2D eigenvalue weighted by atomic mass is 79.9. The van der Waals surface area contributed by atoms with Gasteiger partial charge in [0.15, 0.2) is 6.61 Å². The minimum Gasteiger partial charge on any atom is -0.484 e. The second-order valence-corrected chi connectivity index (χ2v) is 5.35. The van der Waals surface area contributed by atoms with E-state index in [0.717, 1.165) is 4.47 Å².